The van der Waals surface area contributed by atoms with Gasteiger partial charge in [0.15, 0.2) is 0 Å². The van der Waals surface area contributed by atoms with Crippen LogP contribution in [0.4, 0.5) is 0 Å². The van der Waals surface area contributed by atoms with Gasteiger partial charge in [-0.3, -0.25) is 0 Å². The summed E-state index contributed by atoms with van der Waals surface area (Å²) in [5.74, 6) is 0. The third kappa shape index (κ3) is 5.80. The van der Waals surface area contributed by atoms with Crippen molar-refractivity contribution in [2.24, 2.45) is 0 Å². The first-order valence-electron chi connectivity index (χ1n) is 20.6. The standard InChI is InChI=1S/C56H42N2/c1-2-3-13-38-22-30-54-51(32-38)50-29-26-46(37-56(50)58(54)48-28-25-43-34-42(23-24-44(43)35-48)39-14-6-4-7-15-39)41-17-12-16-40(33-41)45-27-31-55-52(36-45)49-20-10-11-21-53(49)57(55)47-18-8-5-9-19-47/h4-12,14-37H,2-3,13H2,1H3. The highest BCUT2D eigenvalue weighted by Gasteiger charge is 2.17. The van der Waals surface area contributed by atoms with Gasteiger partial charge in [-0.15, -0.1) is 0 Å². The summed E-state index contributed by atoms with van der Waals surface area (Å²) in [5.41, 5.74) is 16.0. The molecule has 2 heterocycles. The van der Waals surface area contributed by atoms with Crippen LogP contribution < -0.4 is 0 Å². The Hall–Kier alpha value is -7.16. The van der Waals surface area contributed by atoms with E-state index in [1.54, 1.807) is 0 Å². The molecule has 0 aliphatic rings. The molecule has 9 aromatic carbocycles. The van der Waals surface area contributed by atoms with Gasteiger partial charge in [0.05, 0.1) is 22.1 Å². The SMILES string of the molecule is CCCCc1ccc2c(c1)c1ccc(-c3cccc(-c4ccc5c(c4)c4ccccc4n5-c4ccccc4)c3)cc1n2-c1ccc2cc(-c3ccccc3)ccc2c1. The van der Waals surface area contributed by atoms with Crippen molar-refractivity contribution in [3.8, 4) is 44.8 Å². The maximum absolute atomic E-state index is 2.47. The van der Waals surface area contributed by atoms with E-state index in [0.717, 1.165) is 6.42 Å². The highest BCUT2D eigenvalue weighted by molar-refractivity contribution is 6.12. The summed E-state index contributed by atoms with van der Waals surface area (Å²) in [6.07, 6.45) is 3.49. The van der Waals surface area contributed by atoms with Gasteiger partial charge in [-0.1, -0.05) is 141 Å². The molecule has 2 heteroatoms. The fourth-order valence-corrected chi connectivity index (χ4v) is 9.13. The normalized spacial score (nSPS) is 11.7. The lowest BCUT2D eigenvalue weighted by Crippen LogP contribution is -1.95. The van der Waals surface area contributed by atoms with E-state index in [9.17, 15) is 0 Å². The van der Waals surface area contributed by atoms with Gasteiger partial charge in [-0.05, 0) is 135 Å². The van der Waals surface area contributed by atoms with Gasteiger partial charge in [0.25, 0.3) is 0 Å². The minimum atomic E-state index is 1.10. The quantitative estimate of drug-likeness (QED) is 0.147. The zero-order valence-corrected chi connectivity index (χ0v) is 32.6. The zero-order valence-electron chi connectivity index (χ0n) is 32.6. The van der Waals surface area contributed by atoms with Crippen LogP contribution in [-0.4, -0.2) is 9.13 Å². The molecule has 11 rings (SSSR count). The lowest BCUT2D eigenvalue weighted by molar-refractivity contribution is 0.796. The molecule has 2 nitrogen and oxygen atoms in total. The zero-order chi connectivity index (χ0) is 38.6. The Morgan fingerprint density at radius 3 is 1.72 bits per heavy atom. The third-order valence-corrected chi connectivity index (χ3v) is 12.1. The summed E-state index contributed by atoms with van der Waals surface area (Å²) < 4.78 is 4.85. The number of nitrogens with zero attached hydrogens (tertiary/aromatic N) is 2. The summed E-state index contributed by atoms with van der Waals surface area (Å²) in [4.78, 5) is 0. The van der Waals surface area contributed by atoms with Crippen LogP contribution in [0.15, 0.2) is 200 Å². The second-order valence-corrected chi connectivity index (χ2v) is 15.6. The van der Waals surface area contributed by atoms with E-state index < -0.39 is 0 Å². The Balaban J connectivity index is 1.03. The van der Waals surface area contributed by atoms with Crippen molar-refractivity contribution in [3.63, 3.8) is 0 Å². The van der Waals surface area contributed by atoms with Crippen LogP contribution in [-0.2, 0) is 6.42 Å². The van der Waals surface area contributed by atoms with Crippen LogP contribution >= 0.6 is 0 Å². The van der Waals surface area contributed by atoms with Crippen molar-refractivity contribution < 1.29 is 0 Å². The fraction of sp³-hybridized carbons (Fsp3) is 0.0714. The van der Waals surface area contributed by atoms with E-state index in [1.807, 2.05) is 0 Å². The molecule has 2 aromatic heterocycles. The number of fused-ring (bicyclic) bond motifs is 7. The highest BCUT2D eigenvalue weighted by Crippen LogP contribution is 2.39. The molecule has 0 radical (unpaired) electrons. The predicted octanol–water partition coefficient (Wildman–Crippen LogP) is 15.4. The minimum Gasteiger partial charge on any atom is -0.309 e. The van der Waals surface area contributed by atoms with Gasteiger partial charge in [0.1, 0.15) is 0 Å². The maximum Gasteiger partial charge on any atom is 0.0547 e. The number of benzene rings is 9. The Morgan fingerprint density at radius 2 is 0.897 bits per heavy atom. The summed E-state index contributed by atoms with van der Waals surface area (Å²) in [6, 6.07) is 74.0. The van der Waals surface area contributed by atoms with E-state index in [4.69, 9.17) is 0 Å². The maximum atomic E-state index is 2.47. The summed E-state index contributed by atoms with van der Waals surface area (Å²) in [5, 5.41) is 7.60. The molecule has 0 N–H and O–H groups in total. The molecule has 58 heavy (non-hydrogen) atoms. The van der Waals surface area contributed by atoms with E-state index in [0.29, 0.717) is 0 Å². The number of para-hydroxylation sites is 2. The summed E-state index contributed by atoms with van der Waals surface area (Å²) >= 11 is 0. The lowest BCUT2D eigenvalue weighted by Gasteiger charge is -2.12. The van der Waals surface area contributed by atoms with Crippen LogP contribution in [0.3, 0.4) is 0 Å². The molecule has 0 bridgehead atoms. The van der Waals surface area contributed by atoms with E-state index in [1.165, 1.54) is 118 Å². The number of hydrogen-bond acceptors (Lipinski definition) is 0. The number of unbranched alkanes of at least 4 members (excludes halogenated alkanes) is 1. The van der Waals surface area contributed by atoms with E-state index in [2.05, 4.69) is 216 Å². The van der Waals surface area contributed by atoms with Gasteiger partial charge in [-0.2, -0.15) is 0 Å². The first-order valence-corrected chi connectivity index (χ1v) is 20.6. The van der Waals surface area contributed by atoms with E-state index in [-0.39, 0.29) is 0 Å². The largest absolute Gasteiger partial charge is 0.309 e. The van der Waals surface area contributed by atoms with Crippen LogP contribution in [0, 0.1) is 0 Å². The molecule has 0 saturated carbocycles. The van der Waals surface area contributed by atoms with Crippen LogP contribution in [0.2, 0.25) is 0 Å². The molecule has 0 amide bonds. The first kappa shape index (κ1) is 34.1. The number of aryl methyl sites for hydroxylation is 1. The minimum absolute atomic E-state index is 1.10. The Morgan fingerprint density at radius 1 is 0.328 bits per heavy atom. The second-order valence-electron chi connectivity index (χ2n) is 15.6. The van der Waals surface area contributed by atoms with Gasteiger partial charge < -0.3 is 9.13 Å². The van der Waals surface area contributed by atoms with Crippen molar-refractivity contribution >= 4 is 54.4 Å². The monoisotopic (exact) mass is 742 g/mol. The molecule has 276 valence electrons. The van der Waals surface area contributed by atoms with Crippen molar-refractivity contribution in [2.45, 2.75) is 26.2 Å². The summed E-state index contributed by atoms with van der Waals surface area (Å²) in [7, 11) is 0. The number of hydrogen-bond donors (Lipinski definition) is 0. The third-order valence-electron chi connectivity index (χ3n) is 12.1. The molecule has 0 fully saturated rings. The van der Waals surface area contributed by atoms with E-state index >= 15 is 0 Å². The number of aromatic nitrogens is 2. The fourth-order valence-electron chi connectivity index (χ4n) is 9.13. The molecule has 11 aromatic rings. The van der Waals surface area contributed by atoms with Crippen molar-refractivity contribution in [3.05, 3.63) is 206 Å². The Labute approximate surface area is 338 Å². The molecule has 0 saturated heterocycles. The van der Waals surface area contributed by atoms with Gasteiger partial charge in [0, 0.05) is 32.9 Å². The smallest absolute Gasteiger partial charge is 0.0547 e. The van der Waals surface area contributed by atoms with Crippen LogP contribution in [0.1, 0.15) is 25.3 Å². The highest BCUT2D eigenvalue weighted by atomic mass is 15.0. The average Bonchev–Trinajstić information content (AvgIpc) is 3.80. The molecule has 0 atom stereocenters. The Kier molecular flexibility index (Phi) is 8.29. The van der Waals surface area contributed by atoms with Crippen molar-refractivity contribution in [1.82, 2.24) is 9.13 Å². The van der Waals surface area contributed by atoms with Gasteiger partial charge in [-0.25, -0.2) is 0 Å². The van der Waals surface area contributed by atoms with Crippen molar-refractivity contribution in [1.29, 1.82) is 0 Å². The lowest BCUT2D eigenvalue weighted by atomic mass is 9.97. The van der Waals surface area contributed by atoms with Crippen LogP contribution in [0.5, 0.6) is 0 Å². The first-order chi connectivity index (χ1) is 28.7. The van der Waals surface area contributed by atoms with Gasteiger partial charge >= 0.3 is 0 Å². The second kappa shape index (κ2) is 14.1. The molecule has 0 aliphatic heterocycles. The molecular weight excluding hydrogens is 701 g/mol. The topological polar surface area (TPSA) is 9.86 Å². The summed E-state index contributed by atoms with van der Waals surface area (Å²) in [6.45, 7) is 2.27. The molecular formula is C56H42N2. The molecule has 0 aliphatic carbocycles. The molecule has 0 spiro atoms. The molecule has 0 unspecified atom stereocenters. The average molecular weight is 743 g/mol. The number of rotatable bonds is 8. The predicted molar refractivity (Wildman–Crippen MR) is 248 cm³/mol. The van der Waals surface area contributed by atoms with Gasteiger partial charge in [0.2, 0.25) is 0 Å². The Bertz CT molecular complexity index is 3310. The van der Waals surface area contributed by atoms with Crippen LogP contribution in [0.25, 0.3) is 99.1 Å². The van der Waals surface area contributed by atoms with Crippen molar-refractivity contribution in [2.75, 3.05) is 0 Å².